The van der Waals surface area contributed by atoms with Gasteiger partial charge in [0.25, 0.3) is 0 Å². The van der Waals surface area contributed by atoms with Gasteiger partial charge in [-0.3, -0.25) is 9.59 Å². The van der Waals surface area contributed by atoms with Crippen molar-refractivity contribution in [2.75, 3.05) is 4.90 Å². The summed E-state index contributed by atoms with van der Waals surface area (Å²) >= 11 is 0. The molecule has 0 radical (unpaired) electrons. The highest BCUT2D eigenvalue weighted by molar-refractivity contribution is 6.04. The van der Waals surface area contributed by atoms with Gasteiger partial charge >= 0.3 is 0 Å². The maximum absolute atomic E-state index is 12.8. The number of carbonyl (C=O) groups is 2. The van der Waals surface area contributed by atoms with Crippen LogP contribution in [0.4, 0.5) is 5.69 Å². The molecule has 3 aromatic rings. The zero-order valence-electron chi connectivity index (χ0n) is 14.3. The van der Waals surface area contributed by atoms with Crippen LogP contribution in [0.1, 0.15) is 17.7 Å². The molecule has 2 amide bonds. The average Bonchev–Trinajstić information content (AvgIpc) is 3.19. The van der Waals surface area contributed by atoms with Gasteiger partial charge in [-0.15, -0.1) is 0 Å². The van der Waals surface area contributed by atoms with E-state index in [1.807, 2.05) is 60.7 Å². The van der Waals surface area contributed by atoms with Crippen LogP contribution >= 0.6 is 0 Å². The molecule has 26 heavy (non-hydrogen) atoms. The van der Waals surface area contributed by atoms with Crippen LogP contribution in [0.2, 0.25) is 0 Å². The largest absolute Gasteiger partial charge is 0.467 e. The molecule has 0 saturated heterocycles. The number of para-hydroxylation sites is 1. The lowest BCUT2D eigenvalue weighted by Crippen LogP contribution is -2.35. The number of anilines is 1. The van der Waals surface area contributed by atoms with Gasteiger partial charge in [-0.05, 0) is 29.8 Å². The molecule has 0 atom stereocenters. The van der Waals surface area contributed by atoms with E-state index in [4.69, 9.17) is 4.42 Å². The van der Waals surface area contributed by atoms with E-state index in [1.165, 1.54) is 0 Å². The van der Waals surface area contributed by atoms with Crippen molar-refractivity contribution in [2.45, 2.75) is 19.5 Å². The summed E-state index contributed by atoms with van der Waals surface area (Å²) in [5.41, 5.74) is 1.76. The Balaban J connectivity index is 1.67. The van der Waals surface area contributed by atoms with Crippen molar-refractivity contribution in [2.24, 2.45) is 0 Å². The van der Waals surface area contributed by atoms with Gasteiger partial charge in [-0.25, -0.2) is 0 Å². The summed E-state index contributed by atoms with van der Waals surface area (Å²) in [5, 5.41) is 2.71. The van der Waals surface area contributed by atoms with Gasteiger partial charge < -0.3 is 14.6 Å². The van der Waals surface area contributed by atoms with Crippen molar-refractivity contribution < 1.29 is 14.0 Å². The van der Waals surface area contributed by atoms with Gasteiger partial charge in [0.2, 0.25) is 11.8 Å². The molecule has 5 nitrogen and oxygen atoms in total. The molecular formula is C21H20N2O3. The molecule has 3 rings (SSSR count). The molecule has 5 heteroatoms. The molecule has 2 aromatic carbocycles. The molecule has 1 aromatic heterocycles. The third-order valence-corrected chi connectivity index (χ3v) is 3.90. The maximum Gasteiger partial charge on any atom is 0.236 e. The summed E-state index contributed by atoms with van der Waals surface area (Å²) in [6, 6.07) is 22.6. The van der Waals surface area contributed by atoms with E-state index in [2.05, 4.69) is 5.32 Å². The van der Waals surface area contributed by atoms with Crippen molar-refractivity contribution in [3.63, 3.8) is 0 Å². The lowest BCUT2D eigenvalue weighted by Gasteiger charge is -2.23. The fourth-order valence-electron chi connectivity index (χ4n) is 2.59. The minimum absolute atomic E-state index is 0.220. The van der Waals surface area contributed by atoms with E-state index in [0.29, 0.717) is 12.3 Å². The first-order valence-electron chi connectivity index (χ1n) is 8.41. The molecule has 0 fully saturated rings. The lowest BCUT2D eigenvalue weighted by atomic mass is 10.2. The minimum Gasteiger partial charge on any atom is -0.467 e. The topological polar surface area (TPSA) is 62.6 Å². The van der Waals surface area contributed by atoms with Gasteiger partial charge in [0.05, 0.1) is 19.4 Å². The Morgan fingerprint density at radius 3 is 2.23 bits per heavy atom. The summed E-state index contributed by atoms with van der Waals surface area (Å²) in [4.78, 5) is 26.5. The number of benzene rings is 2. The summed E-state index contributed by atoms with van der Waals surface area (Å²) in [5.74, 6) is 0.0624. The van der Waals surface area contributed by atoms with Gasteiger partial charge in [0.15, 0.2) is 0 Å². The summed E-state index contributed by atoms with van der Waals surface area (Å²) in [6.45, 7) is 0.679. The Labute approximate surface area is 152 Å². The van der Waals surface area contributed by atoms with E-state index in [-0.39, 0.29) is 24.8 Å². The Morgan fingerprint density at radius 1 is 0.885 bits per heavy atom. The van der Waals surface area contributed by atoms with Gasteiger partial charge in [0.1, 0.15) is 12.2 Å². The molecule has 0 aliphatic heterocycles. The molecule has 0 bridgehead atoms. The molecule has 0 unspecified atom stereocenters. The number of nitrogens with one attached hydrogen (secondary N) is 1. The van der Waals surface area contributed by atoms with Gasteiger partial charge in [-0.2, -0.15) is 0 Å². The van der Waals surface area contributed by atoms with Crippen molar-refractivity contribution in [1.82, 2.24) is 5.32 Å². The predicted molar refractivity (Wildman–Crippen MR) is 99.2 cm³/mol. The monoisotopic (exact) mass is 348 g/mol. The quantitative estimate of drug-likeness (QED) is 0.665. The number of furan rings is 1. The zero-order valence-corrected chi connectivity index (χ0v) is 14.3. The molecule has 0 saturated carbocycles. The summed E-state index contributed by atoms with van der Waals surface area (Å²) in [7, 11) is 0. The standard InChI is InChI=1S/C21H20N2O3/c24-20(22-15-19-12-7-13-26-19)14-21(25)23(18-10-5-2-6-11-18)16-17-8-3-1-4-9-17/h1-13H,14-16H2,(H,22,24). The predicted octanol–water partition coefficient (Wildman–Crippen LogP) is 3.52. The number of carbonyl (C=O) groups excluding carboxylic acids is 2. The SMILES string of the molecule is O=C(CC(=O)N(Cc1ccccc1)c1ccccc1)NCc1ccco1. The van der Waals surface area contributed by atoms with Crippen LogP contribution in [0.15, 0.2) is 83.5 Å². The zero-order chi connectivity index (χ0) is 18.2. The molecule has 132 valence electrons. The van der Waals surface area contributed by atoms with Gasteiger partial charge in [0, 0.05) is 5.69 Å². The highest BCUT2D eigenvalue weighted by Gasteiger charge is 2.19. The van der Waals surface area contributed by atoms with E-state index < -0.39 is 0 Å². The van der Waals surface area contributed by atoms with E-state index in [0.717, 1.165) is 11.3 Å². The van der Waals surface area contributed by atoms with Crippen LogP contribution in [-0.4, -0.2) is 11.8 Å². The smallest absolute Gasteiger partial charge is 0.236 e. The Kier molecular flexibility index (Phi) is 5.83. The maximum atomic E-state index is 12.8. The van der Waals surface area contributed by atoms with Crippen LogP contribution in [0.5, 0.6) is 0 Å². The first-order chi connectivity index (χ1) is 12.7. The molecule has 1 N–H and O–H groups in total. The number of hydrogen-bond acceptors (Lipinski definition) is 3. The minimum atomic E-state index is -0.333. The van der Waals surface area contributed by atoms with Crippen molar-refractivity contribution in [1.29, 1.82) is 0 Å². The van der Waals surface area contributed by atoms with Crippen molar-refractivity contribution in [3.05, 3.63) is 90.4 Å². The summed E-state index contributed by atoms with van der Waals surface area (Å²) < 4.78 is 5.17. The van der Waals surface area contributed by atoms with E-state index >= 15 is 0 Å². The molecule has 1 heterocycles. The highest BCUT2D eigenvalue weighted by Crippen LogP contribution is 2.18. The second-order valence-electron chi connectivity index (χ2n) is 5.83. The highest BCUT2D eigenvalue weighted by atomic mass is 16.3. The third-order valence-electron chi connectivity index (χ3n) is 3.90. The number of hydrogen-bond donors (Lipinski definition) is 1. The second kappa shape index (κ2) is 8.67. The average molecular weight is 348 g/mol. The second-order valence-corrected chi connectivity index (χ2v) is 5.83. The van der Waals surface area contributed by atoms with Crippen molar-refractivity contribution in [3.8, 4) is 0 Å². The van der Waals surface area contributed by atoms with Crippen LogP contribution in [0.3, 0.4) is 0 Å². The number of amides is 2. The first-order valence-corrected chi connectivity index (χ1v) is 8.41. The Hall–Kier alpha value is -3.34. The molecule has 0 aliphatic carbocycles. The first kappa shape index (κ1) is 17.5. The van der Waals surface area contributed by atoms with E-state index in [9.17, 15) is 9.59 Å². The van der Waals surface area contributed by atoms with Crippen LogP contribution in [0.25, 0.3) is 0 Å². The van der Waals surface area contributed by atoms with E-state index in [1.54, 1.807) is 23.3 Å². The van der Waals surface area contributed by atoms with Crippen LogP contribution in [0, 0.1) is 0 Å². The van der Waals surface area contributed by atoms with Crippen LogP contribution < -0.4 is 10.2 Å². The fourth-order valence-corrected chi connectivity index (χ4v) is 2.59. The normalized spacial score (nSPS) is 10.3. The molecule has 0 spiro atoms. The fraction of sp³-hybridized carbons (Fsp3) is 0.143. The lowest BCUT2D eigenvalue weighted by molar-refractivity contribution is -0.128. The molecular weight excluding hydrogens is 328 g/mol. The van der Waals surface area contributed by atoms with Gasteiger partial charge in [-0.1, -0.05) is 48.5 Å². The number of nitrogens with zero attached hydrogens (tertiary/aromatic N) is 1. The van der Waals surface area contributed by atoms with Crippen LogP contribution in [-0.2, 0) is 22.7 Å². The third kappa shape index (κ3) is 4.83. The Bertz CT molecular complexity index is 830. The summed E-state index contributed by atoms with van der Waals surface area (Å²) in [6.07, 6.45) is 1.33. The molecule has 0 aliphatic rings. The van der Waals surface area contributed by atoms with Crippen molar-refractivity contribution >= 4 is 17.5 Å². The Morgan fingerprint density at radius 2 is 1.58 bits per heavy atom. The number of rotatable bonds is 7.